The van der Waals surface area contributed by atoms with Crippen LogP contribution in [0, 0.1) is 0 Å². The number of aromatic nitrogens is 2. The van der Waals surface area contributed by atoms with E-state index in [1.54, 1.807) is 15.9 Å². The first-order valence-electron chi connectivity index (χ1n) is 9.35. The predicted octanol–water partition coefficient (Wildman–Crippen LogP) is 4.13. The zero-order valence-electron chi connectivity index (χ0n) is 15.5. The molecule has 2 aromatic heterocycles. The average Bonchev–Trinajstić information content (AvgIpc) is 3.09. The summed E-state index contributed by atoms with van der Waals surface area (Å²) in [7, 11) is 1.36. The minimum atomic E-state index is -0.686. The van der Waals surface area contributed by atoms with Crippen LogP contribution in [-0.4, -0.2) is 22.6 Å². The van der Waals surface area contributed by atoms with E-state index in [0.717, 1.165) is 41.6 Å². The molecule has 1 aliphatic rings. The zero-order valence-corrected chi connectivity index (χ0v) is 16.3. The fraction of sp³-hybridized carbons (Fsp3) is 0.381. The highest BCUT2D eigenvalue weighted by atomic mass is 32.1. The third-order valence-electron chi connectivity index (χ3n) is 5.22. The van der Waals surface area contributed by atoms with Crippen molar-refractivity contribution in [3.63, 3.8) is 0 Å². The summed E-state index contributed by atoms with van der Waals surface area (Å²) in [5.74, 6) is 0.117. The molecule has 0 amide bonds. The molecule has 4 rings (SSSR count). The van der Waals surface area contributed by atoms with Crippen molar-refractivity contribution in [1.29, 1.82) is 0 Å². The lowest BCUT2D eigenvalue weighted by molar-refractivity contribution is -0.144. The van der Waals surface area contributed by atoms with Crippen LogP contribution in [-0.2, 0) is 22.4 Å². The van der Waals surface area contributed by atoms with Gasteiger partial charge in [0.25, 0.3) is 5.56 Å². The number of methoxy groups -OCH3 is 1. The maximum atomic E-state index is 13.6. The van der Waals surface area contributed by atoms with Crippen LogP contribution in [0.4, 0.5) is 0 Å². The molecule has 27 heavy (non-hydrogen) atoms. The van der Waals surface area contributed by atoms with Crippen LogP contribution in [0.2, 0.25) is 0 Å². The van der Waals surface area contributed by atoms with E-state index in [9.17, 15) is 9.59 Å². The van der Waals surface area contributed by atoms with Gasteiger partial charge in [-0.05, 0) is 37.7 Å². The van der Waals surface area contributed by atoms with E-state index in [2.05, 4.69) is 0 Å². The van der Waals surface area contributed by atoms with Crippen LogP contribution < -0.4 is 5.56 Å². The second kappa shape index (κ2) is 7.27. The predicted molar refractivity (Wildman–Crippen MR) is 107 cm³/mol. The summed E-state index contributed by atoms with van der Waals surface area (Å²) in [5, 5.41) is 0.691. The van der Waals surface area contributed by atoms with Gasteiger partial charge in [-0.15, -0.1) is 11.3 Å². The number of carbonyl (C=O) groups excluding carboxylic acids is 1. The maximum Gasteiger partial charge on any atom is 0.329 e. The summed E-state index contributed by atoms with van der Waals surface area (Å²) in [6.45, 7) is 1.89. The number of hydrogen-bond donors (Lipinski definition) is 0. The lowest BCUT2D eigenvalue weighted by Gasteiger charge is -2.20. The molecule has 1 atom stereocenters. The molecular weight excluding hydrogens is 360 g/mol. The monoisotopic (exact) mass is 382 g/mol. The number of fused-ring (bicyclic) bond motifs is 3. The first-order valence-corrected chi connectivity index (χ1v) is 10.2. The fourth-order valence-electron chi connectivity index (χ4n) is 3.89. The van der Waals surface area contributed by atoms with Crippen molar-refractivity contribution in [3.05, 3.63) is 51.1 Å². The Morgan fingerprint density at radius 2 is 2.00 bits per heavy atom. The van der Waals surface area contributed by atoms with Crippen LogP contribution in [0.25, 0.3) is 21.6 Å². The number of aryl methyl sites for hydroxylation is 2. The number of carbonyl (C=O) groups is 1. The number of ether oxygens (including phenoxy) is 1. The summed E-state index contributed by atoms with van der Waals surface area (Å²) >= 11 is 1.62. The first-order chi connectivity index (χ1) is 13.2. The average molecular weight is 382 g/mol. The van der Waals surface area contributed by atoms with E-state index in [1.165, 1.54) is 12.0 Å². The number of hydrogen-bond acceptors (Lipinski definition) is 5. The minimum Gasteiger partial charge on any atom is -0.467 e. The Hall–Kier alpha value is -2.47. The molecule has 1 aromatic carbocycles. The largest absolute Gasteiger partial charge is 0.467 e. The van der Waals surface area contributed by atoms with Gasteiger partial charge in [-0.2, -0.15) is 0 Å². The highest BCUT2D eigenvalue weighted by Crippen LogP contribution is 2.35. The van der Waals surface area contributed by atoms with Gasteiger partial charge in [-0.3, -0.25) is 9.36 Å². The number of esters is 1. The fourth-order valence-corrected chi connectivity index (χ4v) is 5.14. The maximum absolute atomic E-state index is 13.6. The Morgan fingerprint density at radius 3 is 2.70 bits per heavy atom. The highest BCUT2D eigenvalue weighted by Gasteiger charge is 2.28. The normalized spacial score (nSPS) is 14.7. The minimum absolute atomic E-state index is 0.129. The molecule has 0 N–H and O–H groups in total. The zero-order chi connectivity index (χ0) is 19.0. The van der Waals surface area contributed by atoms with E-state index in [1.807, 2.05) is 37.3 Å². The van der Waals surface area contributed by atoms with Crippen LogP contribution in [0.5, 0.6) is 0 Å². The molecule has 0 bridgehead atoms. The first kappa shape index (κ1) is 17.9. The van der Waals surface area contributed by atoms with E-state index in [4.69, 9.17) is 9.72 Å². The lowest BCUT2D eigenvalue weighted by Crippen LogP contribution is -2.32. The number of benzene rings is 1. The standard InChI is InChI=1S/C21H22N2O3S/c1-3-15(21(25)26-2)23-18(13-9-5-4-6-10-13)22-19-17(20(23)24)14-11-7-8-12-16(14)27-19/h4-6,9-10,15H,3,7-8,11-12H2,1-2H3. The Kier molecular flexibility index (Phi) is 4.83. The molecule has 0 fully saturated rings. The van der Waals surface area contributed by atoms with Gasteiger partial charge >= 0.3 is 5.97 Å². The van der Waals surface area contributed by atoms with Gasteiger partial charge in [0.1, 0.15) is 16.7 Å². The topological polar surface area (TPSA) is 61.2 Å². The molecule has 0 aliphatic heterocycles. The quantitative estimate of drug-likeness (QED) is 0.637. The molecule has 2 heterocycles. The molecule has 140 valence electrons. The smallest absolute Gasteiger partial charge is 0.329 e. The Bertz CT molecular complexity index is 1050. The van der Waals surface area contributed by atoms with Gasteiger partial charge in [0.15, 0.2) is 0 Å². The van der Waals surface area contributed by atoms with E-state index >= 15 is 0 Å². The summed E-state index contributed by atoms with van der Waals surface area (Å²) in [6, 6.07) is 8.90. The molecule has 3 aromatic rings. The number of rotatable bonds is 4. The summed E-state index contributed by atoms with van der Waals surface area (Å²) in [5.41, 5.74) is 1.83. The lowest BCUT2D eigenvalue weighted by atomic mass is 9.97. The van der Waals surface area contributed by atoms with E-state index in [-0.39, 0.29) is 5.56 Å². The van der Waals surface area contributed by atoms with Crippen LogP contribution in [0.15, 0.2) is 35.1 Å². The second-order valence-electron chi connectivity index (χ2n) is 6.81. The molecule has 0 spiro atoms. The van der Waals surface area contributed by atoms with Gasteiger partial charge in [0.05, 0.1) is 12.5 Å². The van der Waals surface area contributed by atoms with Crippen LogP contribution in [0.1, 0.15) is 42.7 Å². The van der Waals surface area contributed by atoms with Crippen molar-refractivity contribution in [3.8, 4) is 11.4 Å². The third-order valence-corrected chi connectivity index (χ3v) is 6.41. The van der Waals surface area contributed by atoms with Gasteiger partial charge < -0.3 is 4.74 Å². The molecular formula is C21H22N2O3S. The molecule has 0 saturated carbocycles. The molecule has 1 aliphatic carbocycles. The number of nitrogens with zero attached hydrogens (tertiary/aromatic N) is 2. The second-order valence-corrected chi connectivity index (χ2v) is 7.90. The molecule has 0 saturated heterocycles. The molecule has 6 heteroatoms. The van der Waals surface area contributed by atoms with Crippen molar-refractivity contribution in [2.24, 2.45) is 0 Å². The van der Waals surface area contributed by atoms with Gasteiger partial charge in [-0.25, -0.2) is 9.78 Å². The Labute approximate surface area is 161 Å². The SMILES string of the molecule is CCC(C(=O)OC)n1c(-c2ccccc2)nc2sc3c(c2c1=O)CCCC3. The third kappa shape index (κ3) is 2.98. The Balaban J connectivity index is 2.07. The summed E-state index contributed by atoms with van der Waals surface area (Å²) in [6.07, 6.45) is 4.62. The summed E-state index contributed by atoms with van der Waals surface area (Å²) < 4.78 is 6.53. The number of thiophene rings is 1. The van der Waals surface area contributed by atoms with Crippen molar-refractivity contribution in [2.75, 3.05) is 7.11 Å². The highest BCUT2D eigenvalue weighted by molar-refractivity contribution is 7.18. The van der Waals surface area contributed by atoms with Gasteiger partial charge in [-0.1, -0.05) is 37.3 Å². The molecule has 1 unspecified atom stereocenters. The Morgan fingerprint density at radius 1 is 1.26 bits per heavy atom. The van der Waals surface area contributed by atoms with Crippen molar-refractivity contribution >= 4 is 27.5 Å². The van der Waals surface area contributed by atoms with Gasteiger partial charge in [0.2, 0.25) is 0 Å². The van der Waals surface area contributed by atoms with Crippen molar-refractivity contribution in [2.45, 2.75) is 45.1 Å². The van der Waals surface area contributed by atoms with Crippen LogP contribution >= 0.6 is 11.3 Å². The van der Waals surface area contributed by atoms with E-state index in [0.29, 0.717) is 17.6 Å². The molecule has 0 radical (unpaired) electrons. The van der Waals surface area contributed by atoms with Crippen molar-refractivity contribution in [1.82, 2.24) is 9.55 Å². The van der Waals surface area contributed by atoms with E-state index < -0.39 is 12.0 Å². The van der Waals surface area contributed by atoms with Gasteiger partial charge in [0, 0.05) is 10.4 Å². The van der Waals surface area contributed by atoms with Crippen LogP contribution in [0.3, 0.4) is 0 Å². The molecule has 5 nitrogen and oxygen atoms in total. The van der Waals surface area contributed by atoms with Crippen molar-refractivity contribution < 1.29 is 9.53 Å². The summed E-state index contributed by atoms with van der Waals surface area (Å²) in [4.78, 5) is 33.0.